The van der Waals surface area contributed by atoms with Crippen molar-refractivity contribution in [3.05, 3.63) is 66.6 Å². The van der Waals surface area contributed by atoms with Crippen LogP contribution >= 0.6 is 0 Å². The molecule has 0 aliphatic carbocycles. The van der Waals surface area contributed by atoms with E-state index < -0.39 is 16.0 Å². The molecule has 3 aromatic rings. The van der Waals surface area contributed by atoms with Gasteiger partial charge in [0.25, 0.3) is 0 Å². The second-order valence-corrected chi connectivity index (χ2v) is 7.70. The molecule has 1 aromatic heterocycles. The first kappa shape index (κ1) is 20.6. The van der Waals surface area contributed by atoms with E-state index in [0.717, 1.165) is 16.9 Å². The van der Waals surface area contributed by atoms with Crippen LogP contribution in [0, 0.1) is 5.82 Å². The molecule has 0 spiro atoms. The highest BCUT2D eigenvalue weighted by atomic mass is 32.2. The lowest BCUT2D eigenvalue weighted by molar-refractivity contribution is -0.110. The molecule has 3 rings (SSSR count). The van der Waals surface area contributed by atoms with Gasteiger partial charge in [-0.05, 0) is 54.6 Å². The second kappa shape index (κ2) is 7.91. The Morgan fingerprint density at radius 3 is 1.93 bits per heavy atom. The van der Waals surface area contributed by atoms with Crippen LogP contribution in [0.1, 0.15) is 6.92 Å². The van der Waals surface area contributed by atoms with E-state index >= 15 is 0 Å². The maximum Gasteiger partial charge on any atom is 0.386 e. The van der Waals surface area contributed by atoms with Crippen LogP contribution in [-0.2, 0) is 9.84 Å². The number of benzene rings is 2. The lowest BCUT2D eigenvalue weighted by Crippen LogP contribution is -2.01. The van der Waals surface area contributed by atoms with E-state index in [-0.39, 0.29) is 17.6 Å². The van der Waals surface area contributed by atoms with Gasteiger partial charge in [-0.2, -0.15) is 18.3 Å². The number of aromatic nitrogens is 2. The van der Waals surface area contributed by atoms with Gasteiger partial charge in [0.1, 0.15) is 5.82 Å². The third-order valence-corrected chi connectivity index (χ3v) is 4.42. The Balaban J connectivity index is 0.000000465. The highest BCUT2D eigenvalue weighted by molar-refractivity contribution is 7.90. The number of rotatable bonds is 3. The van der Waals surface area contributed by atoms with Crippen LogP contribution in [0.5, 0.6) is 0 Å². The van der Waals surface area contributed by atoms with Crippen LogP contribution in [0.15, 0.2) is 65.7 Å². The van der Waals surface area contributed by atoms with Crippen molar-refractivity contribution in [1.29, 1.82) is 0 Å². The van der Waals surface area contributed by atoms with Crippen molar-refractivity contribution in [3.63, 3.8) is 0 Å². The van der Waals surface area contributed by atoms with E-state index in [1.165, 1.54) is 18.4 Å². The SMILES string of the molecule is CC(F)(F)F.CS(=O)(=O)c1ccc(-n2nccc2-c2ccc(F)cc2)cc1. The summed E-state index contributed by atoms with van der Waals surface area (Å²) in [6, 6.07) is 14.4. The minimum atomic E-state index is -4.00. The summed E-state index contributed by atoms with van der Waals surface area (Å²) in [4.78, 5) is 0.256. The van der Waals surface area contributed by atoms with Gasteiger partial charge in [0.2, 0.25) is 0 Å². The third-order valence-electron chi connectivity index (χ3n) is 3.29. The van der Waals surface area contributed by atoms with Crippen LogP contribution in [-0.4, -0.2) is 30.6 Å². The molecule has 0 unspecified atom stereocenters. The largest absolute Gasteiger partial charge is 0.386 e. The first-order chi connectivity index (χ1) is 12.4. The van der Waals surface area contributed by atoms with Crippen molar-refractivity contribution in [2.24, 2.45) is 0 Å². The second-order valence-electron chi connectivity index (χ2n) is 5.68. The number of sulfone groups is 1. The Hall–Kier alpha value is -2.68. The van der Waals surface area contributed by atoms with E-state index in [4.69, 9.17) is 0 Å². The smallest absolute Gasteiger partial charge is 0.233 e. The number of hydrogen-bond donors (Lipinski definition) is 0. The summed E-state index contributed by atoms with van der Waals surface area (Å²) in [5.74, 6) is -0.299. The van der Waals surface area contributed by atoms with E-state index in [2.05, 4.69) is 5.10 Å². The summed E-state index contributed by atoms with van der Waals surface area (Å²) >= 11 is 0. The monoisotopic (exact) mass is 400 g/mol. The summed E-state index contributed by atoms with van der Waals surface area (Å²) in [5.41, 5.74) is 2.36. The summed E-state index contributed by atoms with van der Waals surface area (Å²) < 4.78 is 68.8. The van der Waals surface area contributed by atoms with Crippen molar-refractivity contribution in [1.82, 2.24) is 9.78 Å². The molecule has 0 radical (unpaired) electrons. The van der Waals surface area contributed by atoms with Gasteiger partial charge >= 0.3 is 6.18 Å². The van der Waals surface area contributed by atoms with Gasteiger partial charge in [0.05, 0.1) is 22.5 Å². The molecule has 0 N–H and O–H groups in total. The van der Waals surface area contributed by atoms with Gasteiger partial charge in [-0.25, -0.2) is 17.5 Å². The molecule has 2 aromatic carbocycles. The highest BCUT2D eigenvalue weighted by Crippen LogP contribution is 2.23. The van der Waals surface area contributed by atoms with Crippen LogP contribution in [0.4, 0.5) is 17.6 Å². The first-order valence-corrected chi connectivity index (χ1v) is 9.51. The van der Waals surface area contributed by atoms with Gasteiger partial charge in [-0.3, -0.25) is 0 Å². The van der Waals surface area contributed by atoms with Crippen LogP contribution in [0.25, 0.3) is 16.9 Å². The van der Waals surface area contributed by atoms with Crippen molar-refractivity contribution in [2.45, 2.75) is 18.0 Å². The summed E-state index contributed by atoms with van der Waals surface area (Å²) in [5, 5.41) is 4.25. The quantitative estimate of drug-likeness (QED) is 0.602. The van der Waals surface area contributed by atoms with Crippen molar-refractivity contribution in [2.75, 3.05) is 6.26 Å². The van der Waals surface area contributed by atoms with Crippen LogP contribution in [0.2, 0.25) is 0 Å². The first-order valence-electron chi connectivity index (χ1n) is 7.62. The Morgan fingerprint density at radius 2 is 1.44 bits per heavy atom. The minimum absolute atomic E-state index is 0.188. The average Bonchev–Trinajstić information content (AvgIpc) is 3.03. The lowest BCUT2D eigenvalue weighted by atomic mass is 10.1. The van der Waals surface area contributed by atoms with Crippen LogP contribution < -0.4 is 0 Å². The minimum Gasteiger partial charge on any atom is -0.233 e. The van der Waals surface area contributed by atoms with Crippen molar-refractivity contribution < 1.29 is 26.0 Å². The zero-order valence-electron chi connectivity index (χ0n) is 14.4. The van der Waals surface area contributed by atoms with Gasteiger partial charge in [-0.15, -0.1) is 0 Å². The molecule has 0 aliphatic rings. The zero-order valence-corrected chi connectivity index (χ0v) is 15.2. The molecule has 0 aliphatic heterocycles. The van der Waals surface area contributed by atoms with Crippen molar-refractivity contribution in [3.8, 4) is 16.9 Å². The standard InChI is InChI=1S/C16H13FN2O2S.C2H3F3/c1-22(20,21)15-8-6-14(7-9-15)19-16(10-11-18-19)12-2-4-13(17)5-3-12;1-2(3,4)5/h2-11H,1H3;1H3. The van der Waals surface area contributed by atoms with E-state index in [1.54, 1.807) is 47.3 Å². The zero-order chi connectivity index (χ0) is 20.2. The number of hydrogen-bond acceptors (Lipinski definition) is 3. The number of nitrogens with zero attached hydrogens (tertiary/aromatic N) is 2. The fourth-order valence-electron chi connectivity index (χ4n) is 2.18. The third kappa shape index (κ3) is 6.21. The Labute approximate surface area is 154 Å². The molecule has 0 atom stereocenters. The number of halogens is 4. The molecule has 4 nitrogen and oxygen atoms in total. The van der Waals surface area contributed by atoms with E-state index in [1.807, 2.05) is 6.07 Å². The predicted octanol–water partition coefficient (Wildman–Crippen LogP) is 4.65. The topological polar surface area (TPSA) is 52.0 Å². The van der Waals surface area contributed by atoms with Gasteiger partial charge in [0, 0.05) is 18.7 Å². The lowest BCUT2D eigenvalue weighted by Gasteiger charge is -2.08. The highest BCUT2D eigenvalue weighted by Gasteiger charge is 2.15. The molecule has 0 fully saturated rings. The molecule has 144 valence electrons. The molecule has 1 heterocycles. The summed E-state index contributed by atoms with van der Waals surface area (Å²) in [6.07, 6.45) is -1.19. The average molecular weight is 400 g/mol. The normalized spacial score (nSPS) is 11.6. The maximum atomic E-state index is 13.0. The molecule has 0 saturated heterocycles. The summed E-state index contributed by atoms with van der Waals surface area (Å²) in [7, 11) is -3.23. The molecule has 0 bridgehead atoms. The van der Waals surface area contributed by atoms with Gasteiger partial charge in [-0.1, -0.05) is 0 Å². The summed E-state index contributed by atoms with van der Waals surface area (Å²) in [6.45, 7) is 0.188. The molecular formula is C18H16F4N2O2S. The van der Waals surface area contributed by atoms with E-state index in [0.29, 0.717) is 0 Å². The Morgan fingerprint density at radius 1 is 0.926 bits per heavy atom. The molecule has 27 heavy (non-hydrogen) atoms. The fourth-order valence-corrected chi connectivity index (χ4v) is 2.81. The molecule has 9 heteroatoms. The van der Waals surface area contributed by atoms with Crippen molar-refractivity contribution >= 4 is 9.84 Å². The Kier molecular flexibility index (Phi) is 6.04. The Bertz CT molecular complexity index is 987. The maximum absolute atomic E-state index is 13.0. The van der Waals surface area contributed by atoms with Gasteiger partial charge < -0.3 is 0 Å². The molecular weight excluding hydrogens is 384 g/mol. The predicted molar refractivity (Wildman–Crippen MR) is 93.8 cm³/mol. The van der Waals surface area contributed by atoms with E-state index in [9.17, 15) is 26.0 Å². The number of alkyl halides is 3. The van der Waals surface area contributed by atoms with Crippen LogP contribution in [0.3, 0.4) is 0 Å². The van der Waals surface area contributed by atoms with Gasteiger partial charge in [0.15, 0.2) is 9.84 Å². The fraction of sp³-hybridized carbons (Fsp3) is 0.167. The molecule has 0 amide bonds. The molecule has 0 saturated carbocycles.